The molecule has 4 heterocycles. The standard InChI is InChI=1S/C25H16F4N4O2S/c26-17-6-4-14(5-7-17)22-20(10-33(32-22)18-11-36(34)12-18)23-19-9-21(35-24(19)31-13-30-23)15-2-1-3-16(8-15)25(27,28)29/h1-10,13,18H,11-12H2. The third-order valence-electron chi connectivity index (χ3n) is 6.04. The number of benzene rings is 2. The summed E-state index contributed by atoms with van der Waals surface area (Å²) in [6, 6.07) is 12.3. The van der Waals surface area contributed by atoms with E-state index in [1.54, 1.807) is 29.1 Å². The highest BCUT2D eigenvalue weighted by molar-refractivity contribution is 7.86. The van der Waals surface area contributed by atoms with Gasteiger partial charge in [-0.1, -0.05) is 12.1 Å². The van der Waals surface area contributed by atoms with Gasteiger partial charge in [-0.05, 0) is 42.5 Å². The second kappa shape index (κ2) is 8.37. The normalized spacial score (nSPS) is 17.9. The Morgan fingerprint density at radius 3 is 2.47 bits per heavy atom. The average molecular weight is 512 g/mol. The van der Waals surface area contributed by atoms with Crippen LogP contribution in [0.2, 0.25) is 0 Å². The Labute approximate surface area is 204 Å². The molecule has 1 aliphatic heterocycles. The van der Waals surface area contributed by atoms with Crippen molar-refractivity contribution in [1.82, 2.24) is 19.7 Å². The molecule has 6 rings (SSSR count). The fraction of sp³-hybridized carbons (Fsp3) is 0.160. The molecule has 36 heavy (non-hydrogen) atoms. The molecule has 11 heteroatoms. The van der Waals surface area contributed by atoms with Crippen LogP contribution in [0.3, 0.4) is 0 Å². The summed E-state index contributed by atoms with van der Waals surface area (Å²) < 4.78 is 72.5. The number of rotatable bonds is 4. The summed E-state index contributed by atoms with van der Waals surface area (Å²) >= 11 is 0. The van der Waals surface area contributed by atoms with E-state index in [0.717, 1.165) is 12.1 Å². The smallest absolute Gasteiger partial charge is 0.416 e. The van der Waals surface area contributed by atoms with Gasteiger partial charge >= 0.3 is 6.18 Å². The van der Waals surface area contributed by atoms with Crippen molar-refractivity contribution in [3.8, 4) is 33.8 Å². The number of hydrogen-bond donors (Lipinski definition) is 0. The maximum absolute atomic E-state index is 13.6. The van der Waals surface area contributed by atoms with Gasteiger partial charge in [0, 0.05) is 45.2 Å². The van der Waals surface area contributed by atoms with Gasteiger partial charge < -0.3 is 4.42 Å². The highest BCUT2D eigenvalue weighted by atomic mass is 32.2. The van der Waals surface area contributed by atoms with Crippen molar-refractivity contribution < 1.29 is 26.2 Å². The summed E-state index contributed by atoms with van der Waals surface area (Å²) in [6.07, 6.45) is -1.39. The molecule has 0 amide bonds. The van der Waals surface area contributed by atoms with Gasteiger partial charge in [-0.2, -0.15) is 18.3 Å². The summed E-state index contributed by atoms with van der Waals surface area (Å²) in [5.74, 6) is 0.783. The average Bonchev–Trinajstić information content (AvgIpc) is 3.47. The predicted octanol–water partition coefficient (Wildman–Crippen LogP) is 5.88. The highest BCUT2D eigenvalue weighted by Gasteiger charge is 2.31. The number of aromatic nitrogens is 4. The lowest BCUT2D eigenvalue weighted by atomic mass is 10.0. The number of fused-ring (bicyclic) bond motifs is 1. The molecular weight excluding hydrogens is 496 g/mol. The number of alkyl halides is 3. The lowest BCUT2D eigenvalue weighted by Crippen LogP contribution is -2.33. The SMILES string of the molecule is O=S1CC(n2cc(-c3ncnc4oc(-c5cccc(C(F)(F)F)c5)cc34)c(-c3ccc(F)cc3)n2)C1. The second-order valence-electron chi connectivity index (χ2n) is 8.44. The van der Waals surface area contributed by atoms with E-state index in [1.807, 2.05) is 0 Å². The maximum Gasteiger partial charge on any atom is 0.416 e. The monoisotopic (exact) mass is 512 g/mol. The Kier molecular flexibility index (Phi) is 5.25. The molecule has 5 aromatic rings. The molecule has 1 fully saturated rings. The van der Waals surface area contributed by atoms with E-state index in [-0.39, 0.29) is 28.9 Å². The molecule has 0 N–H and O–H groups in total. The zero-order chi connectivity index (χ0) is 25.0. The largest absolute Gasteiger partial charge is 0.438 e. The summed E-state index contributed by atoms with van der Waals surface area (Å²) in [6.45, 7) is 0. The molecule has 2 aromatic carbocycles. The minimum atomic E-state index is -4.49. The van der Waals surface area contributed by atoms with Crippen molar-refractivity contribution in [2.45, 2.75) is 12.2 Å². The summed E-state index contributed by atoms with van der Waals surface area (Å²) in [5.41, 5.74) is 1.93. The first kappa shape index (κ1) is 22.6. The highest BCUT2D eigenvalue weighted by Crippen LogP contribution is 2.39. The zero-order valence-corrected chi connectivity index (χ0v) is 19.2. The Bertz CT molecular complexity index is 1620. The molecule has 0 spiro atoms. The lowest BCUT2D eigenvalue weighted by Gasteiger charge is -2.24. The number of furan rings is 1. The van der Waals surface area contributed by atoms with Gasteiger partial charge in [0.25, 0.3) is 0 Å². The zero-order valence-electron chi connectivity index (χ0n) is 18.4. The van der Waals surface area contributed by atoms with E-state index in [2.05, 4.69) is 9.97 Å². The van der Waals surface area contributed by atoms with Gasteiger partial charge in [0.15, 0.2) is 0 Å². The molecule has 0 saturated carbocycles. The first-order chi connectivity index (χ1) is 17.3. The predicted molar refractivity (Wildman–Crippen MR) is 126 cm³/mol. The Morgan fingerprint density at radius 1 is 0.972 bits per heavy atom. The minimum absolute atomic E-state index is 0.0406. The van der Waals surface area contributed by atoms with Crippen LogP contribution < -0.4 is 0 Å². The first-order valence-electron chi connectivity index (χ1n) is 10.9. The van der Waals surface area contributed by atoms with Crippen LogP contribution in [0.15, 0.2) is 71.5 Å². The molecule has 0 bridgehead atoms. The maximum atomic E-state index is 13.6. The molecule has 6 nitrogen and oxygen atoms in total. The van der Waals surface area contributed by atoms with E-state index in [9.17, 15) is 21.8 Å². The minimum Gasteiger partial charge on any atom is -0.438 e. The van der Waals surface area contributed by atoms with Crippen molar-refractivity contribution in [2.75, 3.05) is 11.5 Å². The molecule has 1 saturated heterocycles. The Balaban J connectivity index is 1.50. The molecule has 0 aliphatic carbocycles. The van der Waals surface area contributed by atoms with E-state index in [0.29, 0.717) is 39.4 Å². The van der Waals surface area contributed by atoms with Crippen LogP contribution in [0.5, 0.6) is 0 Å². The first-order valence-corrected chi connectivity index (χ1v) is 12.4. The van der Waals surface area contributed by atoms with Crippen molar-refractivity contribution in [1.29, 1.82) is 0 Å². The fourth-order valence-corrected chi connectivity index (χ4v) is 5.23. The molecule has 1 aliphatic rings. The Hall–Kier alpha value is -3.86. The topological polar surface area (TPSA) is 73.8 Å². The molecule has 182 valence electrons. The number of halogens is 4. The molecule has 3 aromatic heterocycles. The number of nitrogens with zero attached hydrogens (tertiary/aromatic N) is 4. The van der Waals surface area contributed by atoms with Crippen molar-refractivity contribution >= 4 is 21.9 Å². The van der Waals surface area contributed by atoms with Crippen LogP contribution in [-0.2, 0) is 17.0 Å². The second-order valence-corrected chi connectivity index (χ2v) is 9.98. The molecular formula is C25H16F4N4O2S. The van der Waals surface area contributed by atoms with E-state index in [4.69, 9.17) is 9.52 Å². The van der Waals surface area contributed by atoms with Crippen LogP contribution in [-0.4, -0.2) is 35.5 Å². The van der Waals surface area contributed by atoms with E-state index < -0.39 is 22.5 Å². The van der Waals surface area contributed by atoms with E-state index in [1.165, 1.54) is 30.6 Å². The van der Waals surface area contributed by atoms with Crippen LogP contribution in [0.1, 0.15) is 11.6 Å². The molecule has 0 radical (unpaired) electrons. The van der Waals surface area contributed by atoms with E-state index >= 15 is 0 Å². The van der Waals surface area contributed by atoms with Gasteiger partial charge in [-0.3, -0.25) is 8.89 Å². The summed E-state index contributed by atoms with van der Waals surface area (Å²) in [7, 11) is -0.892. The van der Waals surface area contributed by atoms with Gasteiger partial charge in [0.05, 0.1) is 22.7 Å². The van der Waals surface area contributed by atoms with Crippen LogP contribution in [0.4, 0.5) is 17.6 Å². The van der Waals surface area contributed by atoms with Crippen LogP contribution in [0, 0.1) is 5.82 Å². The van der Waals surface area contributed by atoms with Crippen molar-refractivity contribution in [3.05, 3.63) is 78.5 Å². The lowest BCUT2D eigenvalue weighted by molar-refractivity contribution is -0.137. The summed E-state index contributed by atoms with van der Waals surface area (Å²) in [5, 5.41) is 5.19. The van der Waals surface area contributed by atoms with Gasteiger partial charge in [0.1, 0.15) is 23.6 Å². The van der Waals surface area contributed by atoms with Gasteiger partial charge in [-0.25, -0.2) is 14.4 Å². The number of hydrogen-bond acceptors (Lipinski definition) is 5. The quantitative estimate of drug-likeness (QED) is 0.281. The summed E-state index contributed by atoms with van der Waals surface area (Å²) in [4.78, 5) is 8.60. The van der Waals surface area contributed by atoms with Gasteiger partial charge in [-0.15, -0.1) is 0 Å². The third-order valence-corrected chi connectivity index (χ3v) is 7.55. The van der Waals surface area contributed by atoms with Crippen LogP contribution >= 0.6 is 0 Å². The van der Waals surface area contributed by atoms with Crippen molar-refractivity contribution in [3.63, 3.8) is 0 Å². The van der Waals surface area contributed by atoms with Crippen LogP contribution in [0.25, 0.3) is 44.9 Å². The Morgan fingerprint density at radius 2 is 1.75 bits per heavy atom. The fourth-order valence-electron chi connectivity index (χ4n) is 4.17. The molecule has 0 atom stereocenters. The molecule has 0 unspecified atom stereocenters. The third kappa shape index (κ3) is 3.98. The van der Waals surface area contributed by atoms with Gasteiger partial charge in [0.2, 0.25) is 5.71 Å². The van der Waals surface area contributed by atoms with Crippen molar-refractivity contribution in [2.24, 2.45) is 0 Å².